The lowest BCUT2D eigenvalue weighted by Crippen LogP contribution is -2.12. The van der Waals surface area contributed by atoms with Gasteiger partial charge in [-0.2, -0.15) is 0 Å². The van der Waals surface area contributed by atoms with Crippen LogP contribution in [-0.2, 0) is 16.0 Å². The zero-order chi connectivity index (χ0) is 39.6. The lowest BCUT2D eigenvalue weighted by molar-refractivity contribution is -0.116. The van der Waals surface area contributed by atoms with Gasteiger partial charge >= 0.3 is 0 Å². The number of hydrogen-bond acceptors (Lipinski definition) is 8. The van der Waals surface area contributed by atoms with Crippen LogP contribution in [0.4, 0.5) is 17.1 Å². The fraction of sp³-hybridized carbons (Fsp3) is 0.111. The van der Waals surface area contributed by atoms with Crippen molar-refractivity contribution < 1.29 is 38.1 Å². The summed E-state index contributed by atoms with van der Waals surface area (Å²) >= 11 is 0. The molecule has 0 aliphatic carbocycles. The molecule has 6 aromatic rings. The van der Waals surface area contributed by atoms with Gasteiger partial charge in [0.2, 0.25) is 5.91 Å². The minimum absolute atomic E-state index is 0.0549. The van der Waals surface area contributed by atoms with E-state index in [0.29, 0.717) is 69.3 Å². The van der Waals surface area contributed by atoms with E-state index in [1.165, 1.54) is 13.8 Å². The lowest BCUT2D eigenvalue weighted by atomic mass is 10.1. The number of ketones is 1. The maximum Gasteiger partial charge on any atom is 0.255 e. The first-order chi connectivity index (χ1) is 27.0. The minimum atomic E-state index is -0.419. The average molecular weight is 750 g/mol. The Balaban J connectivity index is 1.16. The number of carbonyl (C=O) groups is 4. The number of rotatable bonds is 14. The van der Waals surface area contributed by atoms with Crippen LogP contribution >= 0.6 is 0 Å². The smallest absolute Gasteiger partial charge is 0.255 e. The second-order valence-electron chi connectivity index (χ2n) is 12.9. The molecule has 0 saturated heterocycles. The molecule has 0 heterocycles. The molecule has 0 bridgehead atoms. The quantitative estimate of drug-likeness (QED) is 0.1000. The summed E-state index contributed by atoms with van der Waals surface area (Å²) in [6.07, 6.45) is 0.319. The summed E-state index contributed by atoms with van der Waals surface area (Å²) in [7, 11) is 1.58. The molecule has 0 spiro atoms. The number of ether oxygens (including phenoxy) is 4. The van der Waals surface area contributed by atoms with Gasteiger partial charge in [0.15, 0.2) is 0 Å². The number of anilines is 3. The highest BCUT2D eigenvalue weighted by atomic mass is 16.5. The summed E-state index contributed by atoms with van der Waals surface area (Å²) < 4.78 is 23.5. The Bertz CT molecular complexity index is 2280. The number of benzene rings is 6. The molecule has 56 heavy (non-hydrogen) atoms. The first kappa shape index (κ1) is 38.3. The van der Waals surface area contributed by atoms with Crippen molar-refractivity contribution in [2.75, 3.05) is 23.1 Å². The molecule has 3 N–H and O–H groups in total. The summed E-state index contributed by atoms with van der Waals surface area (Å²) in [4.78, 5) is 49.6. The van der Waals surface area contributed by atoms with E-state index in [-0.39, 0.29) is 23.2 Å². The van der Waals surface area contributed by atoms with E-state index < -0.39 is 5.91 Å². The summed E-state index contributed by atoms with van der Waals surface area (Å²) in [6, 6.07) is 38.0. The third-order valence-electron chi connectivity index (χ3n) is 8.17. The minimum Gasteiger partial charge on any atom is -0.497 e. The molecule has 6 aromatic carbocycles. The zero-order valence-electron chi connectivity index (χ0n) is 31.2. The SMILES string of the molecule is COc1ccc(NC(=O)c2cc(C)cc(Oc3ccc(NC(=O)c4cc(Oc5ccc(CC(C)=O)cc5)cc(Oc5ccc(NC(C)=O)cc5)c4)cc3)c2)cc1. The van der Waals surface area contributed by atoms with Crippen LogP contribution in [0.25, 0.3) is 0 Å². The number of nitrogens with one attached hydrogen (secondary N) is 3. The van der Waals surface area contributed by atoms with Gasteiger partial charge in [0.1, 0.15) is 46.0 Å². The molecule has 3 amide bonds. The molecular formula is C45H39N3O8. The predicted molar refractivity (Wildman–Crippen MR) is 215 cm³/mol. The van der Waals surface area contributed by atoms with Crippen LogP contribution in [0.2, 0.25) is 0 Å². The van der Waals surface area contributed by atoms with E-state index in [4.69, 9.17) is 18.9 Å². The van der Waals surface area contributed by atoms with Crippen LogP contribution in [0.1, 0.15) is 45.7 Å². The molecule has 282 valence electrons. The number of carbonyl (C=O) groups excluding carboxylic acids is 4. The van der Waals surface area contributed by atoms with Crippen LogP contribution < -0.4 is 34.9 Å². The van der Waals surface area contributed by atoms with Gasteiger partial charge in [-0.3, -0.25) is 19.2 Å². The van der Waals surface area contributed by atoms with Crippen molar-refractivity contribution in [1.82, 2.24) is 0 Å². The van der Waals surface area contributed by atoms with Crippen molar-refractivity contribution in [3.8, 4) is 40.2 Å². The number of Topliss-reactive ketones (excluding diaryl/α,β-unsaturated/α-hetero) is 1. The van der Waals surface area contributed by atoms with Gasteiger partial charge in [0.25, 0.3) is 11.8 Å². The summed E-state index contributed by atoms with van der Waals surface area (Å²) in [5, 5.41) is 8.51. The Morgan fingerprint density at radius 2 is 0.857 bits per heavy atom. The monoisotopic (exact) mass is 749 g/mol. The first-order valence-electron chi connectivity index (χ1n) is 17.6. The molecule has 0 radical (unpaired) electrons. The van der Waals surface area contributed by atoms with Gasteiger partial charge in [0, 0.05) is 47.6 Å². The molecule has 0 saturated carbocycles. The fourth-order valence-electron chi connectivity index (χ4n) is 5.63. The van der Waals surface area contributed by atoms with Gasteiger partial charge in [-0.1, -0.05) is 12.1 Å². The first-order valence-corrected chi connectivity index (χ1v) is 17.6. The summed E-state index contributed by atoms with van der Waals surface area (Å²) in [5.74, 6) is 2.50. The second-order valence-corrected chi connectivity index (χ2v) is 12.9. The Morgan fingerprint density at radius 1 is 0.464 bits per heavy atom. The lowest BCUT2D eigenvalue weighted by Gasteiger charge is -2.14. The van der Waals surface area contributed by atoms with E-state index in [1.807, 2.05) is 25.1 Å². The summed E-state index contributed by atoms with van der Waals surface area (Å²) in [6.45, 7) is 4.84. The third kappa shape index (κ3) is 10.8. The molecule has 0 atom stereocenters. The van der Waals surface area contributed by atoms with E-state index in [2.05, 4.69) is 16.0 Å². The van der Waals surface area contributed by atoms with Crippen molar-refractivity contribution >= 4 is 40.6 Å². The second kappa shape index (κ2) is 17.6. The Hall–Kier alpha value is -7.40. The van der Waals surface area contributed by atoms with Crippen molar-refractivity contribution in [3.63, 3.8) is 0 Å². The van der Waals surface area contributed by atoms with Crippen molar-refractivity contribution in [2.24, 2.45) is 0 Å². The van der Waals surface area contributed by atoms with Crippen LogP contribution in [0.5, 0.6) is 40.2 Å². The van der Waals surface area contributed by atoms with E-state index in [0.717, 1.165) is 11.1 Å². The standard InChI is InChI=1S/C45H39N3O8/c1-28-21-32(44(51)47-35-7-15-37(53-4)16-8-35)24-41(22-28)54-39-19-11-36(12-20-39)48-45(52)33-25-42(55-38-13-5-31(6-14-38)23-29(2)49)27-43(26-33)56-40-17-9-34(10-18-40)46-30(3)50/h5-22,24-27H,23H2,1-4H3,(H,46,50)(H,47,51)(H,48,52). The van der Waals surface area contributed by atoms with Gasteiger partial charge in [-0.25, -0.2) is 0 Å². The van der Waals surface area contributed by atoms with E-state index in [9.17, 15) is 19.2 Å². The van der Waals surface area contributed by atoms with E-state index >= 15 is 0 Å². The normalized spacial score (nSPS) is 10.5. The molecular weight excluding hydrogens is 711 g/mol. The highest BCUT2D eigenvalue weighted by Crippen LogP contribution is 2.32. The Morgan fingerprint density at radius 3 is 1.29 bits per heavy atom. The largest absolute Gasteiger partial charge is 0.497 e. The number of methoxy groups -OCH3 is 1. The number of amides is 3. The highest BCUT2D eigenvalue weighted by Gasteiger charge is 2.14. The van der Waals surface area contributed by atoms with E-state index in [1.54, 1.807) is 122 Å². The van der Waals surface area contributed by atoms with Crippen LogP contribution in [0.3, 0.4) is 0 Å². The Labute approximate surface area is 324 Å². The van der Waals surface area contributed by atoms with Crippen molar-refractivity contribution in [3.05, 3.63) is 156 Å². The Kier molecular flexibility index (Phi) is 12.1. The highest BCUT2D eigenvalue weighted by molar-refractivity contribution is 6.05. The van der Waals surface area contributed by atoms with Gasteiger partial charge < -0.3 is 34.9 Å². The van der Waals surface area contributed by atoms with Gasteiger partial charge in [-0.05, 0) is 140 Å². The molecule has 11 nitrogen and oxygen atoms in total. The topological polar surface area (TPSA) is 141 Å². The van der Waals surface area contributed by atoms with Gasteiger partial charge in [-0.15, -0.1) is 0 Å². The average Bonchev–Trinajstić information content (AvgIpc) is 3.17. The summed E-state index contributed by atoms with van der Waals surface area (Å²) in [5.41, 5.74) is 4.15. The molecule has 0 aliphatic heterocycles. The maximum atomic E-state index is 13.6. The molecule has 0 aromatic heterocycles. The predicted octanol–water partition coefficient (Wildman–Crippen LogP) is 9.98. The molecule has 0 aliphatic rings. The molecule has 0 fully saturated rings. The van der Waals surface area contributed by atoms with Crippen LogP contribution in [0, 0.1) is 6.92 Å². The maximum absolute atomic E-state index is 13.6. The number of hydrogen-bond donors (Lipinski definition) is 3. The zero-order valence-corrected chi connectivity index (χ0v) is 31.2. The molecule has 11 heteroatoms. The molecule has 0 unspecified atom stereocenters. The number of aryl methyl sites for hydroxylation is 1. The van der Waals surface area contributed by atoms with Crippen molar-refractivity contribution in [2.45, 2.75) is 27.2 Å². The van der Waals surface area contributed by atoms with Crippen LogP contribution in [-0.4, -0.2) is 30.6 Å². The van der Waals surface area contributed by atoms with Crippen molar-refractivity contribution in [1.29, 1.82) is 0 Å². The fourth-order valence-corrected chi connectivity index (χ4v) is 5.63. The molecule has 6 rings (SSSR count). The van der Waals surface area contributed by atoms with Crippen LogP contribution in [0.15, 0.2) is 133 Å². The van der Waals surface area contributed by atoms with Gasteiger partial charge in [0.05, 0.1) is 7.11 Å². The third-order valence-corrected chi connectivity index (χ3v) is 8.17.